The summed E-state index contributed by atoms with van der Waals surface area (Å²) in [5.74, 6) is 0.836. The van der Waals surface area contributed by atoms with Crippen molar-refractivity contribution in [3.05, 3.63) is 102 Å². The van der Waals surface area contributed by atoms with Crippen LogP contribution in [0.1, 0.15) is 41.8 Å². The average molecular weight is 512 g/mol. The molecule has 5 nitrogen and oxygen atoms in total. The predicted octanol–water partition coefficient (Wildman–Crippen LogP) is 6.16. The second-order valence-corrected chi connectivity index (χ2v) is 9.75. The maximum absolute atomic E-state index is 12.7. The Kier molecular flexibility index (Phi) is 10.1. The summed E-state index contributed by atoms with van der Waals surface area (Å²) in [7, 11) is 1.65. The summed E-state index contributed by atoms with van der Waals surface area (Å²) in [5, 5.41) is 0.935. The minimum Gasteiger partial charge on any atom is -0.495 e. The highest BCUT2D eigenvalue weighted by Gasteiger charge is 2.18. The first-order valence-corrected chi connectivity index (χ1v) is 13.9. The van der Waals surface area contributed by atoms with E-state index in [1.165, 1.54) is 57.7 Å². The van der Waals surface area contributed by atoms with Crippen molar-refractivity contribution in [2.24, 2.45) is 0 Å². The summed E-state index contributed by atoms with van der Waals surface area (Å²) >= 11 is 0. The van der Waals surface area contributed by atoms with E-state index in [1.54, 1.807) is 7.11 Å². The van der Waals surface area contributed by atoms with Crippen LogP contribution < -0.4 is 4.74 Å². The van der Waals surface area contributed by atoms with E-state index in [1.807, 2.05) is 54.7 Å². The fourth-order valence-electron chi connectivity index (χ4n) is 5.16. The molecule has 0 aliphatic carbocycles. The molecule has 5 heteroatoms. The van der Waals surface area contributed by atoms with Gasteiger partial charge >= 0.3 is 0 Å². The topological polar surface area (TPSA) is 37.7 Å². The lowest BCUT2D eigenvalue weighted by molar-refractivity contribution is 0.104. The minimum atomic E-state index is 0.0426. The molecule has 0 bridgehead atoms. The molecule has 0 amide bonds. The van der Waals surface area contributed by atoms with Crippen LogP contribution in [0.4, 0.5) is 0 Å². The van der Waals surface area contributed by atoms with Crippen molar-refractivity contribution in [3.8, 4) is 5.75 Å². The SMILES string of the molecule is CCN1CCCN(CCc2ccccc2)CC1.CCn1cc(C(=O)c2ccccc2)c2cccc(OC)c21. The van der Waals surface area contributed by atoms with Gasteiger partial charge in [0.2, 0.25) is 0 Å². The van der Waals surface area contributed by atoms with Crippen LogP contribution in [0, 0.1) is 0 Å². The Labute approximate surface area is 227 Å². The number of aromatic nitrogens is 1. The first-order valence-electron chi connectivity index (χ1n) is 13.9. The highest BCUT2D eigenvalue weighted by molar-refractivity contribution is 6.17. The number of fused-ring (bicyclic) bond motifs is 1. The molecule has 0 N–H and O–H groups in total. The van der Waals surface area contributed by atoms with E-state index in [-0.39, 0.29) is 5.78 Å². The molecule has 200 valence electrons. The molecule has 3 aromatic carbocycles. The maximum Gasteiger partial charge on any atom is 0.195 e. The molecular formula is C33H41N3O2. The van der Waals surface area contributed by atoms with E-state index in [4.69, 9.17) is 4.74 Å². The number of likely N-dealkylation sites (N-methyl/N-ethyl adjacent to an activating group) is 1. The first-order chi connectivity index (χ1) is 18.6. The summed E-state index contributed by atoms with van der Waals surface area (Å²) in [6, 6.07) is 26.0. The number of methoxy groups -OCH3 is 1. The molecule has 1 aliphatic heterocycles. The number of carbonyl (C=O) groups is 1. The smallest absolute Gasteiger partial charge is 0.195 e. The van der Waals surface area contributed by atoms with Gasteiger partial charge in [-0.1, -0.05) is 79.7 Å². The van der Waals surface area contributed by atoms with E-state index in [2.05, 4.69) is 58.5 Å². The van der Waals surface area contributed by atoms with Crippen molar-refractivity contribution in [1.82, 2.24) is 14.4 Å². The third-order valence-corrected chi connectivity index (χ3v) is 7.39. The Balaban J connectivity index is 0.000000181. The Bertz CT molecular complexity index is 1280. The Morgan fingerprint density at radius 1 is 0.789 bits per heavy atom. The van der Waals surface area contributed by atoms with Gasteiger partial charge in [-0.2, -0.15) is 0 Å². The first kappa shape index (κ1) is 27.6. The quantitative estimate of drug-likeness (QED) is 0.266. The Morgan fingerprint density at radius 2 is 1.47 bits per heavy atom. The second-order valence-electron chi connectivity index (χ2n) is 9.75. The summed E-state index contributed by atoms with van der Waals surface area (Å²) in [4.78, 5) is 17.9. The van der Waals surface area contributed by atoms with Gasteiger partial charge in [0, 0.05) is 48.9 Å². The normalized spacial score (nSPS) is 14.5. The number of hydrogen-bond acceptors (Lipinski definition) is 4. The molecule has 5 rings (SSSR count). The van der Waals surface area contributed by atoms with Gasteiger partial charge in [-0.25, -0.2) is 0 Å². The lowest BCUT2D eigenvalue weighted by Gasteiger charge is -2.20. The molecule has 0 radical (unpaired) electrons. The molecule has 0 atom stereocenters. The van der Waals surface area contributed by atoms with Crippen molar-refractivity contribution in [3.63, 3.8) is 0 Å². The Hall–Kier alpha value is -3.41. The van der Waals surface area contributed by atoms with Gasteiger partial charge < -0.3 is 19.1 Å². The van der Waals surface area contributed by atoms with E-state index in [0.29, 0.717) is 5.56 Å². The second kappa shape index (κ2) is 13.9. The third-order valence-electron chi connectivity index (χ3n) is 7.39. The zero-order valence-electron chi connectivity index (χ0n) is 23.1. The van der Waals surface area contributed by atoms with Gasteiger partial charge in [-0.05, 0) is 51.0 Å². The lowest BCUT2D eigenvalue weighted by atomic mass is 10.0. The summed E-state index contributed by atoms with van der Waals surface area (Å²) < 4.78 is 7.50. The van der Waals surface area contributed by atoms with Crippen LogP contribution in [0.25, 0.3) is 10.9 Å². The standard InChI is InChI=1S/C18H17NO2.C15H24N2/c1-3-19-12-15(18(20)13-8-5-4-6-9-13)14-10-7-11-16(21-2)17(14)19;1-2-16-10-6-11-17(14-13-16)12-9-15-7-4-3-5-8-15/h4-12H,3H2,1-2H3;3-5,7-8H,2,6,9-14H2,1H3. The fraction of sp³-hybridized carbons (Fsp3) is 0.364. The van der Waals surface area contributed by atoms with E-state index < -0.39 is 0 Å². The van der Waals surface area contributed by atoms with Crippen LogP contribution in [-0.4, -0.2) is 66.5 Å². The molecule has 1 fully saturated rings. The van der Waals surface area contributed by atoms with Gasteiger partial charge in [-0.15, -0.1) is 0 Å². The summed E-state index contributed by atoms with van der Waals surface area (Å²) in [6.07, 6.45) is 4.43. The third kappa shape index (κ3) is 6.91. The summed E-state index contributed by atoms with van der Waals surface area (Å²) in [6.45, 7) is 12.5. The Morgan fingerprint density at radius 3 is 2.16 bits per heavy atom. The highest BCUT2D eigenvalue weighted by atomic mass is 16.5. The monoisotopic (exact) mass is 511 g/mol. The van der Waals surface area contributed by atoms with Crippen LogP contribution in [-0.2, 0) is 13.0 Å². The number of para-hydroxylation sites is 1. The van der Waals surface area contributed by atoms with Crippen molar-refractivity contribution >= 4 is 16.7 Å². The van der Waals surface area contributed by atoms with E-state index >= 15 is 0 Å². The molecule has 1 saturated heterocycles. The average Bonchev–Trinajstić information content (AvgIpc) is 3.21. The number of hydrogen-bond donors (Lipinski definition) is 0. The van der Waals surface area contributed by atoms with Crippen molar-refractivity contribution in [2.75, 3.05) is 46.4 Å². The number of aryl methyl sites for hydroxylation is 1. The lowest BCUT2D eigenvalue weighted by Crippen LogP contribution is -2.31. The van der Waals surface area contributed by atoms with Crippen LogP contribution in [0.2, 0.25) is 0 Å². The van der Waals surface area contributed by atoms with Crippen LogP contribution in [0.15, 0.2) is 85.1 Å². The van der Waals surface area contributed by atoms with Gasteiger partial charge in [0.25, 0.3) is 0 Å². The zero-order chi connectivity index (χ0) is 26.7. The van der Waals surface area contributed by atoms with E-state index in [9.17, 15) is 4.79 Å². The molecule has 1 aromatic heterocycles. The van der Waals surface area contributed by atoms with Crippen LogP contribution >= 0.6 is 0 Å². The number of carbonyl (C=O) groups excluding carboxylic acids is 1. The van der Waals surface area contributed by atoms with Crippen LogP contribution in [0.5, 0.6) is 5.75 Å². The number of rotatable bonds is 8. The highest BCUT2D eigenvalue weighted by Crippen LogP contribution is 2.31. The van der Waals surface area contributed by atoms with Gasteiger partial charge in [0.1, 0.15) is 5.75 Å². The van der Waals surface area contributed by atoms with Crippen molar-refractivity contribution in [1.29, 1.82) is 0 Å². The maximum atomic E-state index is 12.7. The number of benzene rings is 3. The number of ether oxygens (including phenoxy) is 1. The minimum absolute atomic E-state index is 0.0426. The molecule has 38 heavy (non-hydrogen) atoms. The molecule has 2 heterocycles. The molecule has 4 aromatic rings. The van der Waals surface area contributed by atoms with Crippen molar-refractivity contribution in [2.45, 2.75) is 33.2 Å². The molecule has 0 saturated carbocycles. The predicted molar refractivity (Wildman–Crippen MR) is 157 cm³/mol. The largest absolute Gasteiger partial charge is 0.495 e. The van der Waals surface area contributed by atoms with Crippen LogP contribution in [0.3, 0.4) is 0 Å². The zero-order valence-corrected chi connectivity index (χ0v) is 23.1. The molecule has 0 spiro atoms. The van der Waals surface area contributed by atoms with Gasteiger partial charge in [0.15, 0.2) is 5.78 Å². The number of ketones is 1. The van der Waals surface area contributed by atoms with Gasteiger partial charge in [0.05, 0.1) is 12.6 Å². The molecule has 1 aliphatic rings. The van der Waals surface area contributed by atoms with E-state index in [0.717, 1.165) is 28.8 Å². The molecular weight excluding hydrogens is 470 g/mol. The number of nitrogens with zero attached hydrogens (tertiary/aromatic N) is 3. The molecule has 0 unspecified atom stereocenters. The fourth-order valence-corrected chi connectivity index (χ4v) is 5.16. The summed E-state index contributed by atoms with van der Waals surface area (Å²) in [5.41, 5.74) is 3.86. The van der Waals surface area contributed by atoms with Gasteiger partial charge in [-0.3, -0.25) is 4.79 Å². The van der Waals surface area contributed by atoms with Crippen molar-refractivity contribution < 1.29 is 9.53 Å².